The number of aryl methyl sites for hydroxylation is 1. The highest BCUT2D eigenvalue weighted by Crippen LogP contribution is 2.44. The summed E-state index contributed by atoms with van der Waals surface area (Å²) in [6.45, 7) is 14.7. The molecule has 39 heavy (non-hydrogen) atoms. The Morgan fingerprint density at radius 3 is 2.41 bits per heavy atom. The number of fused-ring (bicyclic) bond motifs is 1. The van der Waals surface area contributed by atoms with Gasteiger partial charge in [-0.2, -0.15) is 0 Å². The third-order valence-corrected chi connectivity index (χ3v) is 7.92. The maximum atomic E-state index is 13.6. The van der Waals surface area contributed by atoms with Gasteiger partial charge in [0.25, 0.3) is 5.91 Å². The molecule has 1 aromatic carbocycles. The van der Waals surface area contributed by atoms with Gasteiger partial charge in [-0.25, -0.2) is 9.78 Å². The molecule has 1 saturated carbocycles. The number of carbonyl (C=O) groups excluding carboxylic acids is 1. The zero-order valence-electron chi connectivity index (χ0n) is 24.6. The summed E-state index contributed by atoms with van der Waals surface area (Å²) in [5.41, 5.74) is 4.64. The number of pyridine rings is 1. The molecule has 8 heteroatoms. The zero-order chi connectivity index (χ0) is 28.6. The molecule has 0 radical (unpaired) electrons. The van der Waals surface area contributed by atoms with E-state index in [1.165, 1.54) is 0 Å². The summed E-state index contributed by atoms with van der Waals surface area (Å²) < 4.78 is 12.0. The molecule has 0 saturated heterocycles. The Balaban J connectivity index is 1.91. The Labute approximate surface area is 232 Å². The lowest BCUT2D eigenvalue weighted by Gasteiger charge is -2.32. The number of ether oxygens (including phenoxy) is 2. The van der Waals surface area contributed by atoms with Gasteiger partial charge in [0.05, 0.1) is 17.8 Å². The van der Waals surface area contributed by atoms with Crippen molar-refractivity contribution in [1.29, 1.82) is 0 Å². The number of anilines is 1. The molecule has 2 aromatic rings. The van der Waals surface area contributed by atoms with Gasteiger partial charge in [-0.15, -0.1) is 0 Å². The summed E-state index contributed by atoms with van der Waals surface area (Å²) in [5.74, 6) is 0.152. The van der Waals surface area contributed by atoms with Gasteiger partial charge in [-0.3, -0.25) is 4.79 Å². The number of likely N-dealkylation sites (N-methyl/N-ethyl adjacent to an activating group) is 1. The molecular weight excluding hydrogens is 494 g/mol. The topological polar surface area (TPSA) is 101 Å². The first-order valence-corrected chi connectivity index (χ1v) is 14.0. The molecule has 2 N–H and O–H groups in total. The smallest absolute Gasteiger partial charge is 0.337 e. The van der Waals surface area contributed by atoms with Crippen LogP contribution in [0.15, 0.2) is 12.1 Å². The van der Waals surface area contributed by atoms with E-state index in [1.807, 2.05) is 53.8 Å². The fourth-order valence-electron chi connectivity index (χ4n) is 5.89. The molecule has 2 heterocycles. The van der Waals surface area contributed by atoms with Crippen molar-refractivity contribution in [3.63, 3.8) is 0 Å². The van der Waals surface area contributed by atoms with Gasteiger partial charge in [-0.05, 0) is 101 Å². The summed E-state index contributed by atoms with van der Waals surface area (Å²) in [6.07, 6.45) is 2.83. The molecule has 2 aliphatic rings. The first kappa shape index (κ1) is 28.9. The van der Waals surface area contributed by atoms with Gasteiger partial charge < -0.3 is 24.8 Å². The second-order valence-electron chi connectivity index (χ2n) is 12.2. The van der Waals surface area contributed by atoms with E-state index in [1.54, 1.807) is 6.92 Å². The van der Waals surface area contributed by atoms with Gasteiger partial charge >= 0.3 is 5.97 Å². The van der Waals surface area contributed by atoms with E-state index in [2.05, 4.69) is 17.1 Å². The number of amides is 1. The maximum absolute atomic E-state index is 13.6. The van der Waals surface area contributed by atoms with E-state index in [9.17, 15) is 14.7 Å². The van der Waals surface area contributed by atoms with Crippen LogP contribution < -0.4 is 15.0 Å². The number of nitrogens with zero attached hydrogens (tertiary/aromatic N) is 2. The summed E-state index contributed by atoms with van der Waals surface area (Å²) in [6, 6.07) is 4.00. The van der Waals surface area contributed by atoms with Gasteiger partial charge in [-0.1, -0.05) is 13.0 Å². The molecule has 1 fully saturated rings. The third kappa shape index (κ3) is 6.06. The number of carboxylic acids is 1. The minimum atomic E-state index is -1.26. The summed E-state index contributed by atoms with van der Waals surface area (Å²) >= 11 is 0. The fourth-order valence-corrected chi connectivity index (χ4v) is 5.89. The van der Waals surface area contributed by atoms with E-state index in [0.717, 1.165) is 54.8 Å². The molecule has 4 rings (SSSR count). The predicted molar refractivity (Wildman–Crippen MR) is 153 cm³/mol. The van der Waals surface area contributed by atoms with Crippen molar-refractivity contribution < 1.29 is 24.2 Å². The van der Waals surface area contributed by atoms with Gasteiger partial charge in [0.15, 0.2) is 6.10 Å². The monoisotopic (exact) mass is 537 g/mol. The van der Waals surface area contributed by atoms with Crippen LogP contribution in [0.25, 0.3) is 11.1 Å². The van der Waals surface area contributed by atoms with Crippen LogP contribution in [-0.4, -0.2) is 53.8 Å². The third-order valence-electron chi connectivity index (χ3n) is 7.92. The lowest BCUT2D eigenvalue weighted by molar-refractivity contribution is -0.160. The van der Waals surface area contributed by atoms with Crippen molar-refractivity contribution in [2.24, 2.45) is 5.92 Å². The Morgan fingerprint density at radius 1 is 1.13 bits per heavy atom. The first-order chi connectivity index (χ1) is 18.3. The minimum absolute atomic E-state index is 0.116. The van der Waals surface area contributed by atoms with Crippen LogP contribution >= 0.6 is 0 Å². The number of benzene rings is 1. The lowest BCUT2D eigenvalue weighted by Crippen LogP contribution is -2.38. The molecule has 1 atom stereocenters. The number of carbonyl (C=O) groups is 2. The Bertz CT molecular complexity index is 1260. The van der Waals surface area contributed by atoms with Crippen LogP contribution in [0, 0.1) is 26.7 Å². The van der Waals surface area contributed by atoms with Crippen LogP contribution in [-0.2, 0) is 9.53 Å². The van der Waals surface area contributed by atoms with Crippen LogP contribution in [0.4, 0.5) is 5.69 Å². The van der Waals surface area contributed by atoms with E-state index >= 15 is 0 Å². The quantitative estimate of drug-likeness (QED) is 0.484. The normalized spacial score (nSPS) is 20.2. The SMILES string of the molecule is Cc1nc(C(=O)NC2CCC(C)CC2)c(C)c(-c2ccc3c(c2C)N(C)CCO3)c1[C@H](OC(C)(C)C)C(=O)O. The summed E-state index contributed by atoms with van der Waals surface area (Å²) in [5, 5.41) is 13.5. The fraction of sp³-hybridized carbons (Fsp3) is 0.581. The summed E-state index contributed by atoms with van der Waals surface area (Å²) in [7, 11) is 2.02. The molecule has 8 nitrogen and oxygen atoms in total. The number of hydrogen-bond acceptors (Lipinski definition) is 6. The van der Waals surface area contributed by atoms with Crippen LogP contribution in [0.1, 0.15) is 92.4 Å². The standard InChI is InChI=1S/C31H43N3O5/c1-17-9-11-21(12-10-17)33-29(35)26-19(3)24(22-13-14-23-27(18(22)2)34(8)15-16-38-23)25(20(4)32-26)28(30(36)37)39-31(5,6)7/h13-14,17,21,28H,9-12,15-16H2,1-8H3,(H,33,35)(H,36,37)/t17?,21?,28-/m0/s1. The Kier molecular flexibility index (Phi) is 8.26. The van der Waals surface area contributed by atoms with Crippen molar-refractivity contribution in [3.8, 4) is 16.9 Å². The highest BCUT2D eigenvalue weighted by Gasteiger charge is 2.35. The number of carboxylic acid groups (broad SMARTS) is 1. The number of aromatic nitrogens is 1. The van der Waals surface area contributed by atoms with Crippen molar-refractivity contribution >= 4 is 17.6 Å². The molecule has 212 valence electrons. The van der Waals surface area contributed by atoms with Gasteiger partial charge in [0, 0.05) is 24.3 Å². The minimum Gasteiger partial charge on any atom is -0.490 e. The summed E-state index contributed by atoms with van der Waals surface area (Å²) in [4.78, 5) is 33.1. The van der Waals surface area contributed by atoms with Crippen molar-refractivity contribution in [3.05, 3.63) is 40.2 Å². The molecule has 1 amide bonds. The highest BCUT2D eigenvalue weighted by atomic mass is 16.5. The molecule has 0 spiro atoms. The van der Waals surface area contributed by atoms with Crippen LogP contribution in [0.2, 0.25) is 0 Å². The second-order valence-corrected chi connectivity index (χ2v) is 12.2. The van der Waals surface area contributed by atoms with Crippen LogP contribution in [0.3, 0.4) is 0 Å². The molecule has 1 aromatic heterocycles. The molecule has 1 aliphatic heterocycles. The molecular formula is C31H43N3O5. The lowest BCUT2D eigenvalue weighted by atomic mass is 9.86. The van der Waals surface area contributed by atoms with Crippen molar-refractivity contribution in [2.75, 3.05) is 25.1 Å². The predicted octanol–water partition coefficient (Wildman–Crippen LogP) is 5.75. The van der Waals surface area contributed by atoms with Crippen molar-refractivity contribution in [1.82, 2.24) is 10.3 Å². The zero-order valence-corrected chi connectivity index (χ0v) is 24.6. The number of hydrogen-bond donors (Lipinski definition) is 2. The first-order valence-electron chi connectivity index (χ1n) is 14.0. The largest absolute Gasteiger partial charge is 0.490 e. The van der Waals surface area contributed by atoms with E-state index in [0.29, 0.717) is 40.6 Å². The van der Waals surface area contributed by atoms with Gasteiger partial charge in [0.2, 0.25) is 0 Å². The number of nitrogens with one attached hydrogen (secondary N) is 1. The average Bonchev–Trinajstić information content (AvgIpc) is 2.85. The molecule has 0 bridgehead atoms. The van der Waals surface area contributed by atoms with Gasteiger partial charge in [0.1, 0.15) is 18.1 Å². The Hall–Kier alpha value is -3.13. The van der Waals surface area contributed by atoms with Crippen LogP contribution in [0.5, 0.6) is 5.75 Å². The molecule has 1 aliphatic carbocycles. The second kappa shape index (κ2) is 11.2. The number of rotatable bonds is 6. The van der Waals surface area contributed by atoms with E-state index < -0.39 is 17.7 Å². The van der Waals surface area contributed by atoms with E-state index in [-0.39, 0.29) is 11.9 Å². The average molecular weight is 538 g/mol. The maximum Gasteiger partial charge on any atom is 0.337 e. The highest BCUT2D eigenvalue weighted by molar-refractivity contribution is 5.97. The van der Waals surface area contributed by atoms with Crippen molar-refractivity contribution in [2.45, 2.75) is 91.9 Å². The van der Waals surface area contributed by atoms with E-state index in [4.69, 9.17) is 14.5 Å². The molecule has 0 unspecified atom stereocenters. The number of aliphatic carboxylic acids is 1. The Morgan fingerprint density at radius 2 is 1.79 bits per heavy atom.